The summed E-state index contributed by atoms with van der Waals surface area (Å²) in [6.07, 6.45) is 5.76. The van der Waals surface area contributed by atoms with Crippen LogP contribution in [0, 0.1) is 0 Å². The van der Waals surface area contributed by atoms with E-state index in [0.717, 1.165) is 44.9 Å². The lowest BCUT2D eigenvalue weighted by molar-refractivity contribution is 0.0837. The average Bonchev–Trinajstić information content (AvgIpc) is 2.30. The van der Waals surface area contributed by atoms with Gasteiger partial charge in [-0.05, 0) is 25.7 Å². The first kappa shape index (κ1) is 15.8. The van der Waals surface area contributed by atoms with Crippen LogP contribution >= 0.6 is 0 Å². The number of unbranched alkanes of at least 4 members (excludes halogenated alkanes) is 3. The molecule has 0 aromatic rings. The smallest absolute Gasteiger partial charge is 0.0770 e. The largest absolute Gasteiger partial charge is 0.396 e. The minimum Gasteiger partial charge on any atom is -0.396 e. The van der Waals surface area contributed by atoms with E-state index in [1.807, 2.05) is 0 Å². The fraction of sp³-hybridized carbons (Fsp3) is 1.00. The summed E-state index contributed by atoms with van der Waals surface area (Å²) >= 11 is 0. The van der Waals surface area contributed by atoms with Gasteiger partial charge in [-0.15, -0.1) is 0 Å². The SMILES string of the molecule is OCCCCCC(O)CCCCC(O)CO. The summed E-state index contributed by atoms with van der Waals surface area (Å²) in [5.74, 6) is 0. The van der Waals surface area contributed by atoms with E-state index >= 15 is 0 Å². The van der Waals surface area contributed by atoms with Gasteiger partial charge in [-0.3, -0.25) is 0 Å². The van der Waals surface area contributed by atoms with Crippen LogP contribution in [0.2, 0.25) is 0 Å². The van der Waals surface area contributed by atoms with E-state index in [0.29, 0.717) is 6.42 Å². The van der Waals surface area contributed by atoms with Gasteiger partial charge in [0, 0.05) is 6.61 Å². The highest BCUT2D eigenvalue weighted by atomic mass is 16.3. The number of hydrogen-bond donors (Lipinski definition) is 4. The molecule has 0 radical (unpaired) electrons. The second-order valence-electron chi connectivity index (χ2n) is 4.35. The van der Waals surface area contributed by atoms with Crippen LogP contribution in [-0.4, -0.2) is 45.8 Å². The van der Waals surface area contributed by atoms with Crippen molar-refractivity contribution >= 4 is 0 Å². The second kappa shape index (κ2) is 11.3. The Morgan fingerprint density at radius 2 is 1.12 bits per heavy atom. The molecule has 0 aromatic heterocycles. The maximum atomic E-state index is 9.60. The summed E-state index contributed by atoms with van der Waals surface area (Å²) in [7, 11) is 0. The molecule has 4 N–H and O–H groups in total. The van der Waals surface area contributed by atoms with Crippen LogP contribution in [0.3, 0.4) is 0 Å². The summed E-state index contributed by atoms with van der Waals surface area (Å²) in [5.41, 5.74) is 0. The summed E-state index contributed by atoms with van der Waals surface area (Å²) in [4.78, 5) is 0. The first-order valence-electron chi connectivity index (χ1n) is 6.28. The number of hydrogen-bond acceptors (Lipinski definition) is 4. The lowest BCUT2D eigenvalue weighted by atomic mass is 10.0. The molecule has 16 heavy (non-hydrogen) atoms. The summed E-state index contributed by atoms with van der Waals surface area (Å²) in [6.45, 7) is 0.0544. The van der Waals surface area contributed by atoms with E-state index in [1.54, 1.807) is 0 Å². The van der Waals surface area contributed by atoms with Crippen molar-refractivity contribution in [1.82, 2.24) is 0 Å². The molecule has 2 unspecified atom stereocenters. The highest BCUT2D eigenvalue weighted by molar-refractivity contribution is 4.59. The first-order valence-corrected chi connectivity index (χ1v) is 6.28. The fourth-order valence-corrected chi connectivity index (χ4v) is 1.66. The van der Waals surface area contributed by atoms with Gasteiger partial charge in [-0.25, -0.2) is 0 Å². The fourth-order valence-electron chi connectivity index (χ4n) is 1.66. The van der Waals surface area contributed by atoms with E-state index in [-0.39, 0.29) is 19.3 Å². The van der Waals surface area contributed by atoms with E-state index in [2.05, 4.69) is 0 Å². The zero-order valence-electron chi connectivity index (χ0n) is 10.0. The summed E-state index contributed by atoms with van der Waals surface area (Å²) in [5, 5.41) is 35.8. The minimum absolute atomic E-state index is 0.177. The molecular formula is C12H26O4. The van der Waals surface area contributed by atoms with Gasteiger partial charge in [0.1, 0.15) is 0 Å². The van der Waals surface area contributed by atoms with Crippen LogP contribution in [0.5, 0.6) is 0 Å². The number of aliphatic hydroxyl groups excluding tert-OH is 4. The van der Waals surface area contributed by atoms with Crippen LogP contribution in [0.15, 0.2) is 0 Å². The average molecular weight is 234 g/mol. The van der Waals surface area contributed by atoms with Gasteiger partial charge < -0.3 is 20.4 Å². The first-order chi connectivity index (χ1) is 7.70. The van der Waals surface area contributed by atoms with E-state index < -0.39 is 6.10 Å². The molecule has 98 valence electrons. The molecule has 0 saturated carbocycles. The Balaban J connectivity index is 3.20. The molecule has 0 heterocycles. The van der Waals surface area contributed by atoms with Gasteiger partial charge in [-0.1, -0.05) is 25.7 Å². The van der Waals surface area contributed by atoms with Gasteiger partial charge in [0.2, 0.25) is 0 Å². The Kier molecular flexibility index (Phi) is 11.2. The third-order valence-corrected chi connectivity index (χ3v) is 2.73. The topological polar surface area (TPSA) is 80.9 Å². The van der Waals surface area contributed by atoms with Crippen molar-refractivity contribution < 1.29 is 20.4 Å². The lowest BCUT2D eigenvalue weighted by Crippen LogP contribution is -2.12. The molecule has 0 saturated heterocycles. The molecule has 4 heteroatoms. The minimum atomic E-state index is -0.610. The normalized spacial score (nSPS) is 15.0. The van der Waals surface area contributed by atoms with Crippen molar-refractivity contribution in [2.45, 2.75) is 63.6 Å². The standard InChI is InChI=1S/C12H26O4/c13-9-5-1-2-6-11(15)7-3-4-8-12(16)10-14/h11-16H,1-10H2. The highest BCUT2D eigenvalue weighted by Gasteiger charge is 2.05. The zero-order valence-corrected chi connectivity index (χ0v) is 10.0. The Morgan fingerprint density at radius 3 is 1.62 bits per heavy atom. The van der Waals surface area contributed by atoms with E-state index in [9.17, 15) is 5.11 Å². The zero-order chi connectivity index (χ0) is 12.2. The number of aliphatic hydroxyl groups is 4. The third kappa shape index (κ3) is 10.4. The van der Waals surface area contributed by atoms with Gasteiger partial charge in [0.15, 0.2) is 0 Å². The Morgan fingerprint density at radius 1 is 0.625 bits per heavy atom. The molecule has 2 atom stereocenters. The molecule has 0 spiro atoms. The van der Waals surface area contributed by atoms with Crippen LogP contribution < -0.4 is 0 Å². The monoisotopic (exact) mass is 234 g/mol. The lowest BCUT2D eigenvalue weighted by Gasteiger charge is -2.11. The van der Waals surface area contributed by atoms with Crippen molar-refractivity contribution in [3.63, 3.8) is 0 Å². The van der Waals surface area contributed by atoms with Crippen molar-refractivity contribution in [2.75, 3.05) is 13.2 Å². The molecule has 0 bridgehead atoms. The van der Waals surface area contributed by atoms with Gasteiger partial charge in [0.05, 0.1) is 18.8 Å². The molecule has 0 aromatic carbocycles. The Hall–Kier alpha value is -0.160. The van der Waals surface area contributed by atoms with E-state index in [1.165, 1.54) is 0 Å². The maximum absolute atomic E-state index is 9.60. The summed E-state index contributed by atoms with van der Waals surface area (Å²) in [6, 6.07) is 0. The highest BCUT2D eigenvalue weighted by Crippen LogP contribution is 2.11. The van der Waals surface area contributed by atoms with Gasteiger partial charge in [0.25, 0.3) is 0 Å². The number of rotatable bonds is 11. The predicted molar refractivity (Wildman–Crippen MR) is 63.1 cm³/mol. The second-order valence-corrected chi connectivity index (χ2v) is 4.35. The van der Waals surface area contributed by atoms with Crippen LogP contribution in [0.4, 0.5) is 0 Å². The molecule has 0 aliphatic rings. The molecule has 0 aliphatic carbocycles. The van der Waals surface area contributed by atoms with Gasteiger partial charge >= 0.3 is 0 Å². The summed E-state index contributed by atoms with van der Waals surface area (Å²) < 4.78 is 0. The van der Waals surface area contributed by atoms with E-state index in [4.69, 9.17) is 15.3 Å². The molecule has 0 rings (SSSR count). The Bertz CT molecular complexity index is 141. The molecule has 0 fully saturated rings. The maximum Gasteiger partial charge on any atom is 0.0770 e. The van der Waals surface area contributed by atoms with Crippen LogP contribution in [0.25, 0.3) is 0 Å². The third-order valence-electron chi connectivity index (χ3n) is 2.73. The van der Waals surface area contributed by atoms with Crippen molar-refractivity contribution in [3.05, 3.63) is 0 Å². The molecule has 0 amide bonds. The quantitative estimate of drug-likeness (QED) is 0.399. The predicted octanol–water partition coefficient (Wildman–Crippen LogP) is 0.814. The van der Waals surface area contributed by atoms with Crippen LogP contribution in [-0.2, 0) is 0 Å². The van der Waals surface area contributed by atoms with Crippen molar-refractivity contribution in [1.29, 1.82) is 0 Å². The van der Waals surface area contributed by atoms with Crippen molar-refractivity contribution in [2.24, 2.45) is 0 Å². The van der Waals surface area contributed by atoms with Gasteiger partial charge in [-0.2, -0.15) is 0 Å². The van der Waals surface area contributed by atoms with Crippen LogP contribution in [0.1, 0.15) is 51.4 Å². The van der Waals surface area contributed by atoms with Crippen molar-refractivity contribution in [3.8, 4) is 0 Å². The molecule has 0 aliphatic heterocycles. The molecular weight excluding hydrogens is 208 g/mol. The Labute approximate surface area is 97.9 Å². The molecule has 4 nitrogen and oxygen atoms in total.